The smallest absolute Gasteiger partial charge is 0.534 e. The van der Waals surface area contributed by atoms with E-state index in [4.69, 9.17) is 14.1 Å². The molecule has 0 saturated carbocycles. The second-order valence-electron chi connectivity index (χ2n) is 6.22. The van der Waals surface area contributed by atoms with E-state index in [2.05, 4.69) is 10.1 Å². The Morgan fingerprint density at radius 1 is 1.36 bits per heavy atom. The van der Waals surface area contributed by atoms with Crippen molar-refractivity contribution in [2.75, 3.05) is 18.8 Å². The SMILES string of the molecule is CSCC(=O)N[C@H]1Cc2cccc(C(=O)OCOC(=O)OC(C)C)c2OB1O. The number of fused-ring (bicyclic) bond motifs is 1. The maximum atomic E-state index is 12.3. The van der Waals surface area contributed by atoms with Crippen LogP contribution in [0.3, 0.4) is 0 Å². The van der Waals surface area contributed by atoms with Crippen molar-refractivity contribution in [1.29, 1.82) is 0 Å². The molecule has 28 heavy (non-hydrogen) atoms. The van der Waals surface area contributed by atoms with E-state index in [0.717, 1.165) is 0 Å². The van der Waals surface area contributed by atoms with Crippen molar-refractivity contribution in [2.45, 2.75) is 32.3 Å². The molecule has 0 aliphatic carbocycles. The average molecular weight is 411 g/mol. The van der Waals surface area contributed by atoms with E-state index in [9.17, 15) is 19.4 Å². The lowest BCUT2D eigenvalue weighted by molar-refractivity contribution is -0.119. The Hall–Kier alpha value is -2.40. The fourth-order valence-corrected chi connectivity index (χ4v) is 2.87. The van der Waals surface area contributed by atoms with Gasteiger partial charge in [0, 0.05) is 0 Å². The van der Waals surface area contributed by atoms with Gasteiger partial charge in [0.2, 0.25) is 12.7 Å². The van der Waals surface area contributed by atoms with Crippen molar-refractivity contribution in [3.8, 4) is 5.75 Å². The van der Waals surface area contributed by atoms with Crippen LogP contribution < -0.4 is 9.97 Å². The number of ether oxygens (including phenoxy) is 3. The largest absolute Gasteiger partial charge is 0.547 e. The van der Waals surface area contributed by atoms with Gasteiger partial charge in [-0.1, -0.05) is 12.1 Å². The maximum Gasteiger partial charge on any atom is 0.547 e. The molecule has 1 aliphatic heterocycles. The Balaban J connectivity index is 2.00. The van der Waals surface area contributed by atoms with Crippen LogP contribution in [0, 0.1) is 0 Å². The summed E-state index contributed by atoms with van der Waals surface area (Å²) in [5, 5.41) is 12.9. The summed E-state index contributed by atoms with van der Waals surface area (Å²) in [5.41, 5.74) is 0.709. The monoisotopic (exact) mass is 411 g/mol. The summed E-state index contributed by atoms with van der Waals surface area (Å²) in [6.45, 7) is 2.69. The van der Waals surface area contributed by atoms with Gasteiger partial charge in [0.25, 0.3) is 0 Å². The summed E-state index contributed by atoms with van der Waals surface area (Å²) in [6.07, 6.45) is 0.777. The fraction of sp³-hybridized carbons (Fsp3) is 0.471. The standard InChI is InChI=1S/C17H22BNO8S/c1-10(2)26-17(22)25-9-24-16(21)12-6-4-5-11-7-13(18(23)27-15(11)12)19-14(20)8-28-3/h4-6,10,13,23H,7-9H2,1-3H3,(H,19,20)/t13-/m0/s1. The highest BCUT2D eigenvalue weighted by atomic mass is 32.2. The number of carbonyl (C=O) groups excluding carboxylic acids is 3. The van der Waals surface area contributed by atoms with Crippen LogP contribution in [0.15, 0.2) is 18.2 Å². The predicted molar refractivity (Wildman–Crippen MR) is 102 cm³/mol. The van der Waals surface area contributed by atoms with Crippen LogP contribution in [0.5, 0.6) is 5.75 Å². The number of para-hydroxylation sites is 1. The Kier molecular flexibility index (Phi) is 8.00. The minimum absolute atomic E-state index is 0.0752. The number of esters is 1. The van der Waals surface area contributed by atoms with Crippen LogP contribution in [-0.4, -0.2) is 61.0 Å². The Morgan fingerprint density at radius 3 is 2.79 bits per heavy atom. The Morgan fingerprint density at radius 2 is 2.11 bits per heavy atom. The number of hydrogen-bond donors (Lipinski definition) is 2. The molecule has 0 saturated heterocycles. The Labute approximate surface area is 167 Å². The van der Waals surface area contributed by atoms with E-state index in [-0.39, 0.29) is 35.5 Å². The number of carbonyl (C=O) groups is 3. The molecule has 1 aromatic carbocycles. The van der Waals surface area contributed by atoms with Crippen molar-refractivity contribution in [2.24, 2.45) is 0 Å². The van der Waals surface area contributed by atoms with Crippen molar-refractivity contribution in [1.82, 2.24) is 5.32 Å². The van der Waals surface area contributed by atoms with Crippen LogP contribution in [0.1, 0.15) is 29.8 Å². The van der Waals surface area contributed by atoms with E-state index in [0.29, 0.717) is 5.56 Å². The third-order valence-corrected chi connectivity index (χ3v) is 4.21. The second-order valence-corrected chi connectivity index (χ2v) is 7.09. The van der Waals surface area contributed by atoms with Crippen molar-refractivity contribution < 1.29 is 38.3 Å². The first-order valence-electron chi connectivity index (χ1n) is 8.57. The highest BCUT2D eigenvalue weighted by Gasteiger charge is 2.37. The molecule has 11 heteroatoms. The lowest BCUT2D eigenvalue weighted by atomic mass is 9.72. The van der Waals surface area contributed by atoms with Crippen LogP contribution in [0.4, 0.5) is 4.79 Å². The first kappa shape index (κ1) is 21.9. The van der Waals surface area contributed by atoms with Gasteiger partial charge in [-0.25, -0.2) is 9.59 Å². The molecule has 2 N–H and O–H groups in total. The topological polar surface area (TPSA) is 120 Å². The highest BCUT2D eigenvalue weighted by Crippen LogP contribution is 2.30. The third-order valence-electron chi connectivity index (χ3n) is 3.66. The van der Waals surface area contributed by atoms with Gasteiger partial charge in [-0.05, 0) is 38.2 Å². The molecule has 1 amide bonds. The number of rotatable bonds is 7. The number of amides is 1. The summed E-state index contributed by atoms with van der Waals surface area (Å²) in [6, 6.07) is 4.82. The van der Waals surface area contributed by atoms with Gasteiger partial charge in [-0.15, -0.1) is 0 Å². The molecule has 2 rings (SSSR count). The fourth-order valence-electron chi connectivity index (χ4n) is 2.52. The predicted octanol–water partition coefficient (Wildman–Crippen LogP) is 1.16. The number of benzene rings is 1. The molecule has 9 nitrogen and oxygen atoms in total. The maximum absolute atomic E-state index is 12.3. The van der Waals surface area contributed by atoms with Crippen LogP contribution >= 0.6 is 11.8 Å². The number of hydrogen-bond acceptors (Lipinski definition) is 9. The molecular weight excluding hydrogens is 389 g/mol. The highest BCUT2D eigenvalue weighted by molar-refractivity contribution is 7.99. The van der Waals surface area contributed by atoms with Crippen LogP contribution in [-0.2, 0) is 25.4 Å². The molecule has 0 aromatic heterocycles. The van der Waals surface area contributed by atoms with Crippen LogP contribution in [0.2, 0.25) is 0 Å². The summed E-state index contributed by atoms with van der Waals surface area (Å²) in [7, 11) is -1.32. The molecular formula is C17H22BNO8S. The summed E-state index contributed by atoms with van der Waals surface area (Å²) >= 11 is 1.36. The van der Waals surface area contributed by atoms with Crippen molar-refractivity contribution >= 4 is 36.9 Å². The number of nitrogens with one attached hydrogen (secondary N) is 1. The molecule has 0 radical (unpaired) electrons. The van der Waals surface area contributed by atoms with Crippen molar-refractivity contribution in [3.05, 3.63) is 29.3 Å². The van der Waals surface area contributed by atoms with Gasteiger partial charge in [0.15, 0.2) is 0 Å². The number of thioether (sulfide) groups is 1. The third kappa shape index (κ3) is 6.06. The van der Waals surface area contributed by atoms with E-state index in [1.807, 2.05) is 0 Å². The molecule has 152 valence electrons. The minimum atomic E-state index is -1.32. The zero-order chi connectivity index (χ0) is 20.7. The summed E-state index contributed by atoms with van der Waals surface area (Å²) < 4.78 is 19.8. The quantitative estimate of drug-likeness (QED) is 0.387. The van der Waals surface area contributed by atoms with E-state index < -0.39 is 32.0 Å². The molecule has 1 heterocycles. The van der Waals surface area contributed by atoms with Crippen LogP contribution in [0.25, 0.3) is 0 Å². The summed E-state index contributed by atoms with van der Waals surface area (Å²) in [5.74, 6) is -1.20. The molecule has 1 aliphatic rings. The minimum Gasteiger partial charge on any atom is -0.534 e. The van der Waals surface area contributed by atoms with Gasteiger partial charge >= 0.3 is 19.2 Å². The van der Waals surface area contributed by atoms with Gasteiger partial charge in [-0.3, -0.25) is 4.79 Å². The van der Waals surface area contributed by atoms with E-state index in [1.54, 1.807) is 32.2 Å². The molecule has 0 unspecified atom stereocenters. The normalized spacial score (nSPS) is 15.3. The Bertz CT molecular complexity index is 729. The van der Waals surface area contributed by atoms with Gasteiger partial charge < -0.3 is 29.2 Å². The van der Waals surface area contributed by atoms with Gasteiger partial charge in [0.05, 0.1) is 17.8 Å². The molecule has 0 spiro atoms. The summed E-state index contributed by atoms with van der Waals surface area (Å²) in [4.78, 5) is 35.3. The average Bonchev–Trinajstić information content (AvgIpc) is 2.61. The first-order chi connectivity index (χ1) is 13.3. The molecule has 0 bridgehead atoms. The molecule has 0 fully saturated rings. The van der Waals surface area contributed by atoms with Gasteiger partial charge in [0.1, 0.15) is 11.3 Å². The second kappa shape index (κ2) is 10.2. The first-order valence-corrected chi connectivity index (χ1v) is 9.96. The van der Waals surface area contributed by atoms with Gasteiger partial charge in [-0.2, -0.15) is 11.8 Å². The molecule has 1 aromatic rings. The zero-order valence-electron chi connectivity index (χ0n) is 15.8. The lowest BCUT2D eigenvalue weighted by Gasteiger charge is -2.29. The van der Waals surface area contributed by atoms with E-state index in [1.165, 1.54) is 17.8 Å². The lowest BCUT2D eigenvalue weighted by Crippen LogP contribution is -2.53. The van der Waals surface area contributed by atoms with Crippen molar-refractivity contribution in [3.63, 3.8) is 0 Å². The molecule has 1 atom stereocenters. The zero-order valence-corrected chi connectivity index (χ0v) is 16.6. The van der Waals surface area contributed by atoms with E-state index >= 15 is 0 Å².